The molecular formula is C22H27N3O4S. The van der Waals surface area contributed by atoms with E-state index in [1.807, 2.05) is 38.1 Å². The molecule has 8 heteroatoms. The number of amides is 2. The van der Waals surface area contributed by atoms with Gasteiger partial charge in [0, 0.05) is 30.4 Å². The monoisotopic (exact) mass is 429 g/mol. The minimum absolute atomic E-state index is 0.0865. The van der Waals surface area contributed by atoms with Crippen LogP contribution in [0.2, 0.25) is 0 Å². The molecule has 1 aliphatic heterocycles. The SMILES string of the molecule is CC[C@@H](C)NS(=O)(=O)c1ccc(NC(=O)[C@H]2CC(=O)N(c3ccc(C)cc3)C2)cc1. The largest absolute Gasteiger partial charge is 0.326 e. The Balaban J connectivity index is 1.63. The van der Waals surface area contributed by atoms with E-state index in [2.05, 4.69) is 10.0 Å². The lowest BCUT2D eigenvalue weighted by Gasteiger charge is -2.17. The van der Waals surface area contributed by atoms with Crippen LogP contribution < -0.4 is 14.9 Å². The molecule has 0 radical (unpaired) electrons. The van der Waals surface area contributed by atoms with E-state index in [9.17, 15) is 18.0 Å². The maximum atomic E-state index is 12.6. The number of hydrogen-bond donors (Lipinski definition) is 2. The standard InChI is InChI=1S/C22H27N3O4S/c1-4-16(3)24-30(28,29)20-11-7-18(8-12-20)23-22(27)17-13-21(26)25(14-17)19-9-5-15(2)6-10-19/h5-12,16-17,24H,4,13-14H2,1-3H3,(H,23,27)/t16-,17+/m1/s1. The number of hydrogen-bond acceptors (Lipinski definition) is 4. The fourth-order valence-corrected chi connectivity index (χ4v) is 4.56. The van der Waals surface area contributed by atoms with Gasteiger partial charge in [-0.2, -0.15) is 0 Å². The summed E-state index contributed by atoms with van der Waals surface area (Å²) in [6, 6.07) is 13.5. The number of aryl methyl sites for hydroxylation is 1. The van der Waals surface area contributed by atoms with Crippen LogP contribution in [-0.4, -0.2) is 32.8 Å². The van der Waals surface area contributed by atoms with Gasteiger partial charge < -0.3 is 10.2 Å². The molecule has 0 aliphatic carbocycles. The number of rotatable bonds is 7. The van der Waals surface area contributed by atoms with Crippen LogP contribution >= 0.6 is 0 Å². The molecule has 2 aromatic rings. The van der Waals surface area contributed by atoms with Crippen molar-refractivity contribution in [3.8, 4) is 0 Å². The third-order valence-electron chi connectivity index (χ3n) is 5.24. The maximum Gasteiger partial charge on any atom is 0.240 e. The minimum atomic E-state index is -3.59. The van der Waals surface area contributed by atoms with E-state index in [-0.39, 0.29) is 29.2 Å². The Labute approximate surface area is 177 Å². The summed E-state index contributed by atoms with van der Waals surface area (Å²) in [5, 5.41) is 2.78. The Morgan fingerprint density at radius 2 is 1.77 bits per heavy atom. The summed E-state index contributed by atoms with van der Waals surface area (Å²) in [7, 11) is -3.59. The summed E-state index contributed by atoms with van der Waals surface area (Å²) in [5.74, 6) is -0.808. The van der Waals surface area contributed by atoms with Crippen molar-refractivity contribution in [2.24, 2.45) is 5.92 Å². The molecule has 0 aromatic heterocycles. The van der Waals surface area contributed by atoms with Crippen molar-refractivity contribution in [1.29, 1.82) is 0 Å². The number of carbonyl (C=O) groups is 2. The van der Waals surface area contributed by atoms with Gasteiger partial charge in [-0.05, 0) is 56.7 Å². The first kappa shape index (κ1) is 22.0. The number of nitrogens with one attached hydrogen (secondary N) is 2. The van der Waals surface area contributed by atoms with Gasteiger partial charge >= 0.3 is 0 Å². The molecule has 3 rings (SSSR count). The molecule has 160 valence electrons. The average molecular weight is 430 g/mol. The zero-order valence-electron chi connectivity index (χ0n) is 17.4. The summed E-state index contributed by atoms with van der Waals surface area (Å²) >= 11 is 0. The van der Waals surface area contributed by atoms with Gasteiger partial charge in [0.15, 0.2) is 0 Å². The van der Waals surface area contributed by atoms with E-state index in [4.69, 9.17) is 0 Å². The predicted octanol–water partition coefficient (Wildman–Crippen LogP) is 3.06. The first-order chi connectivity index (χ1) is 14.2. The maximum absolute atomic E-state index is 12.6. The van der Waals surface area contributed by atoms with E-state index < -0.39 is 15.9 Å². The fraction of sp³-hybridized carbons (Fsp3) is 0.364. The normalized spacial score (nSPS) is 17.8. The highest BCUT2D eigenvalue weighted by Crippen LogP contribution is 2.26. The molecule has 0 saturated carbocycles. The summed E-state index contributed by atoms with van der Waals surface area (Å²) in [6.45, 7) is 6.00. The number of anilines is 2. The molecule has 0 bridgehead atoms. The van der Waals surface area contributed by atoms with Gasteiger partial charge in [-0.3, -0.25) is 9.59 Å². The molecule has 1 fully saturated rings. The average Bonchev–Trinajstić information content (AvgIpc) is 3.10. The second-order valence-electron chi connectivity index (χ2n) is 7.69. The number of benzene rings is 2. The summed E-state index contributed by atoms with van der Waals surface area (Å²) in [4.78, 5) is 26.8. The van der Waals surface area contributed by atoms with Crippen molar-refractivity contribution in [2.75, 3.05) is 16.8 Å². The molecule has 0 unspecified atom stereocenters. The molecule has 2 atom stereocenters. The van der Waals surface area contributed by atoms with Gasteiger partial charge in [-0.15, -0.1) is 0 Å². The van der Waals surface area contributed by atoms with Crippen LogP contribution in [-0.2, 0) is 19.6 Å². The van der Waals surface area contributed by atoms with Crippen molar-refractivity contribution in [3.63, 3.8) is 0 Å². The van der Waals surface area contributed by atoms with Crippen molar-refractivity contribution in [3.05, 3.63) is 54.1 Å². The highest BCUT2D eigenvalue weighted by atomic mass is 32.2. The van der Waals surface area contributed by atoms with Gasteiger partial charge in [0.1, 0.15) is 0 Å². The lowest BCUT2D eigenvalue weighted by atomic mass is 10.1. The van der Waals surface area contributed by atoms with E-state index in [0.717, 1.165) is 11.3 Å². The molecule has 2 N–H and O–H groups in total. The predicted molar refractivity (Wildman–Crippen MR) is 117 cm³/mol. The molecule has 2 aromatic carbocycles. The summed E-state index contributed by atoms with van der Waals surface area (Å²) in [6.07, 6.45) is 0.831. The lowest BCUT2D eigenvalue weighted by molar-refractivity contribution is -0.122. The van der Waals surface area contributed by atoms with Crippen LogP contribution in [0.15, 0.2) is 53.4 Å². The second-order valence-corrected chi connectivity index (χ2v) is 9.40. The molecule has 1 heterocycles. The van der Waals surface area contributed by atoms with Crippen molar-refractivity contribution < 1.29 is 18.0 Å². The minimum Gasteiger partial charge on any atom is -0.326 e. The van der Waals surface area contributed by atoms with Crippen molar-refractivity contribution >= 4 is 33.2 Å². The topological polar surface area (TPSA) is 95.6 Å². The lowest BCUT2D eigenvalue weighted by Crippen LogP contribution is -2.32. The van der Waals surface area contributed by atoms with Crippen molar-refractivity contribution in [1.82, 2.24) is 4.72 Å². The Morgan fingerprint density at radius 1 is 1.13 bits per heavy atom. The first-order valence-electron chi connectivity index (χ1n) is 10.00. The molecule has 0 spiro atoms. The van der Waals surface area contributed by atoms with Gasteiger partial charge in [0.2, 0.25) is 21.8 Å². The number of sulfonamides is 1. The summed E-state index contributed by atoms with van der Waals surface area (Å²) in [5.41, 5.74) is 2.37. The molecule has 7 nitrogen and oxygen atoms in total. The van der Waals surface area contributed by atoms with Gasteiger partial charge in [-0.1, -0.05) is 24.6 Å². The van der Waals surface area contributed by atoms with Crippen LogP contribution in [0.3, 0.4) is 0 Å². The smallest absolute Gasteiger partial charge is 0.240 e. The van der Waals surface area contributed by atoms with Crippen LogP contribution in [0.5, 0.6) is 0 Å². The van der Waals surface area contributed by atoms with E-state index in [1.54, 1.807) is 24.0 Å². The highest BCUT2D eigenvalue weighted by molar-refractivity contribution is 7.89. The zero-order valence-corrected chi connectivity index (χ0v) is 18.2. The van der Waals surface area contributed by atoms with Crippen molar-refractivity contribution in [2.45, 2.75) is 44.6 Å². The van der Waals surface area contributed by atoms with Crippen LogP contribution in [0.4, 0.5) is 11.4 Å². The first-order valence-corrected chi connectivity index (χ1v) is 11.5. The van der Waals surface area contributed by atoms with E-state index in [0.29, 0.717) is 18.7 Å². The molecule has 30 heavy (non-hydrogen) atoms. The quantitative estimate of drug-likeness (QED) is 0.707. The third-order valence-corrected chi connectivity index (χ3v) is 6.85. The molecular weight excluding hydrogens is 402 g/mol. The third kappa shape index (κ3) is 5.06. The Morgan fingerprint density at radius 3 is 2.37 bits per heavy atom. The number of carbonyl (C=O) groups excluding carboxylic acids is 2. The van der Waals surface area contributed by atoms with Crippen LogP contribution in [0, 0.1) is 12.8 Å². The van der Waals surface area contributed by atoms with Gasteiger partial charge in [0.25, 0.3) is 0 Å². The Hall–Kier alpha value is -2.71. The van der Waals surface area contributed by atoms with E-state index in [1.165, 1.54) is 12.1 Å². The Bertz CT molecular complexity index is 1020. The van der Waals surface area contributed by atoms with Crippen LogP contribution in [0.1, 0.15) is 32.3 Å². The van der Waals surface area contributed by atoms with Gasteiger partial charge in [0.05, 0.1) is 10.8 Å². The molecule has 2 amide bonds. The van der Waals surface area contributed by atoms with Crippen LogP contribution in [0.25, 0.3) is 0 Å². The van der Waals surface area contributed by atoms with E-state index >= 15 is 0 Å². The van der Waals surface area contributed by atoms with Gasteiger partial charge in [-0.25, -0.2) is 13.1 Å². The summed E-state index contributed by atoms with van der Waals surface area (Å²) < 4.78 is 27.3. The Kier molecular flexibility index (Phi) is 6.58. The highest BCUT2D eigenvalue weighted by Gasteiger charge is 2.35. The molecule has 1 aliphatic rings. The zero-order chi connectivity index (χ0) is 21.9. The molecule has 1 saturated heterocycles. The fourth-order valence-electron chi connectivity index (χ4n) is 3.24. The second kappa shape index (κ2) is 8.97. The number of nitrogens with zero attached hydrogens (tertiary/aromatic N) is 1.